The van der Waals surface area contributed by atoms with Gasteiger partial charge in [-0.2, -0.15) is 0 Å². The van der Waals surface area contributed by atoms with Crippen LogP contribution in [-0.2, 0) is 0 Å². The maximum atomic E-state index is 13.1. The molecule has 94 valence electrons. The van der Waals surface area contributed by atoms with Gasteiger partial charge < -0.3 is 5.11 Å². The van der Waals surface area contributed by atoms with E-state index >= 15 is 0 Å². The van der Waals surface area contributed by atoms with Crippen molar-refractivity contribution in [1.82, 2.24) is 0 Å². The third-order valence-electron chi connectivity index (χ3n) is 2.92. The molecule has 3 heteroatoms. The number of aryl methyl sites for hydroxylation is 2. The fraction of sp³-hybridized carbons (Fsp3) is 0.200. The lowest BCUT2D eigenvalue weighted by Gasteiger charge is -2.15. The molecule has 0 radical (unpaired) electrons. The second-order valence-corrected chi connectivity index (χ2v) is 4.47. The standard InChI is InChI=1S/C15H14F2O/c1-9-3-4-14(10(2)5-9)15(18)11-6-12(16)8-13(17)7-11/h3-8,15,18H,1-2H3. The lowest BCUT2D eigenvalue weighted by Crippen LogP contribution is -2.03. The SMILES string of the molecule is Cc1ccc(C(O)c2cc(F)cc(F)c2)c(C)c1. The van der Waals surface area contributed by atoms with E-state index in [9.17, 15) is 13.9 Å². The predicted molar refractivity (Wildman–Crippen MR) is 66.3 cm³/mol. The van der Waals surface area contributed by atoms with Gasteiger partial charge in [0, 0.05) is 6.07 Å². The van der Waals surface area contributed by atoms with Crippen molar-refractivity contribution >= 4 is 0 Å². The van der Waals surface area contributed by atoms with E-state index in [0.29, 0.717) is 5.56 Å². The number of aliphatic hydroxyl groups is 1. The van der Waals surface area contributed by atoms with Crippen LogP contribution in [0, 0.1) is 25.5 Å². The highest BCUT2D eigenvalue weighted by molar-refractivity contribution is 5.37. The van der Waals surface area contributed by atoms with Gasteiger partial charge in [0.25, 0.3) is 0 Å². The summed E-state index contributed by atoms with van der Waals surface area (Å²) in [6.07, 6.45) is -1.02. The summed E-state index contributed by atoms with van der Waals surface area (Å²) in [6.45, 7) is 3.81. The molecule has 0 aliphatic heterocycles. The van der Waals surface area contributed by atoms with Gasteiger partial charge in [-0.3, -0.25) is 0 Å². The normalized spacial score (nSPS) is 12.5. The zero-order valence-corrected chi connectivity index (χ0v) is 10.2. The quantitative estimate of drug-likeness (QED) is 0.859. The van der Waals surface area contributed by atoms with Crippen LogP contribution in [0.5, 0.6) is 0 Å². The number of halogens is 2. The van der Waals surface area contributed by atoms with E-state index in [4.69, 9.17) is 0 Å². The fourth-order valence-electron chi connectivity index (χ4n) is 2.05. The summed E-state index contributed by atoms with van der Waals surface area (Å²) in [5, 5.41) is 10.2. The Balaban J connectivity index is 2.44. The molecule has 0 spiro atoms. The van der Waals surface area contributed by atoms with E-state index in [0.717, 1.165) is 29.3 Å². The molecule has 0 amide bonds. The Morgan fingerprint density at radius 1 is 0.944 bits per heavy atom. The van der Waals surface area contributed by atoms with Gasteiger partial charge >= 0.3 is 0 Å². The van der Waals surface area contributed by atoms with Crippen molar-refractivity contribution in [3.8, 4) is 0 Å². The van der Waals surface area contributed by atoms with Gasteiger partial charge in [0.1, 0.15) is 17.7 Å². The Morgan fingerprint density at radius 2 is 1.56 bits per heavy atom. The van der Waals surface area contributed by atoms with Gasteiger partial charge in [0.15, 0.2) is 0 Å². The molecule has 0 heterocycles. The van der Waals surface area contributed by atoms with Crippen LogP contribution in [0.4, 0.5) is 8.78 Å². The van der Waals surface area contributed by atoms with Crippen LogP contribution in [0.3, 0.4) is 0 Å². The molecule has 0 bridgehead atoms. The number of benzene rings is 2. The number of rotatable bonds is 2. The summed E-state index contributed by atoms with van der Waals surface area (Å²) in [4.78, 5) is 0. The van der Waals surface area contributed by atoms with Crippen molar-refractivity contribution in [2.45, 2.75) is 20.0 Å². The van der Waals surface area contributed by atoms with E-state index < -0.39 is 17.7 Å². The highest BCUT2D eigenvalue weighted by Gasteiger charge is 2.14. The van der Waals surface area contributed by atoms with E-state index in [1.807, 2.05) is 26.0 Å². The van der Waals surface area contributed by atoms with Crippen LogP contribution in [0.25, 0.3) is 0 Å². The average molecular weight is 248 g/mol. The topological polar surface area (TPSA) is 20.2 Å². The van der Waals surface area contributed by atoms with Gasteiger partial charge in [0.2, 0.25) is 0 Å². The molecule has 0 fully saturated rings. The molecule has 0 saturated carbocycles. The first-order valence-electron chi connectivity index (χ1n) is 5.68. The largest absolute Gasteiger partial charge is 0.384 e. The van der Waals surface area contributed by atoms with Crippen LogP contribution >= 0.6 is 0 Å². The Morgan fingerprint density at radius 3 is 2.11 bits per heavy atom. The smallest absolute Gasteiger partial charge is 0.126 e. The summed E-state index contributed by atoms with van der Waals surface area (Å²) < 4.78 is 26.2. The minimum absolute atomic E-state index is 0.222. The maximum absolute atomic E-state index is 13.1. The molecule has 0 aliphatic carbocycles. The van der Waals surface area contributed by atoms with Crippen molar-refractivity contribution < 1.29 is 13.9 Å². The Bertz CT molecular complexity index is 558. The van der Waals surface area contributed by atoms with Crippen LogP contribution in [-0.4, -0.2) is 5.11 Å². The van der Waals surface area contributed by atoms with Crippen molar-refractivity contribution in [1.29, 1.82) is 0 Å². The molecule has 2 aromatic carbocycles. The molecule has 1 N–H and O–H groups in total. The Labute approximate surface area is 105 Å². The molecular formula is C15H14F2O. The van der Waals surface area contributed by atoms with E-state index in [-0.39, 0.29) is 5.56 Å². The van der Waals surface area contributed by atoms with Crippen LogP contribution in [0.1, 0.15) is 28.4 Å². The van der Waals surface area contributed by atoms with Gasteiger partial charge in [-0.25, -0.2) is 8.78 Å². The Hall–Kier alpha value is -1.74. The second-order valence-electron chi connectivity index (χ2n) is 4.47. The number of hydrogen-bond acceptors (Lipinski definition) is 1. The monoisotopic (exact) mass is 248 g/mol. The van der Waals surface area contributed by atoms with E-state index in [2.05, 4.69) is 0 Å². The molecule has 0 aromatic heterocycles. The van der Waals surface area contributed by atoms with Crippen LogP contribution in [0.2, 0.25) is 0 Å². The molecular weight excluding hydrogens is 234 g/mol. The molecule has 18 heavy (non-hydrogen) atoms. The molecule has 1 atom stereocenters. The number of aliphatic hydroxyl groups excluding tert-OH is 1. The lowest BCUT2D eigenvalue weighted by atomic mass is 9.96. The average Bonchev–Trinajstić information content (AvgIpc) is 2.26. The van der Waals surface area contributed by atoms with E-state index in [1.54, 1.807) is 6.07 Å². The molecule has 2 aromatic rings. The molecule has 2 rings (SSSR count). The first-order chi connectivity index (χ1) is 8.47. The Kier molecular flexibility index (Phi) is 3.43. The third-order valence-corrected chi connectivity index (χ3v) is 2.92. The predicted octanol–water partition coefficient (Wildman–Crippen LogP) is 3.66. The maximum Gasteiger partial charge on any atom is 0.126 e. The molecule has 1 nitrogen and oxygen atoms in total. The fourth-order valence-corrected chi connectivity index (χ4v) is 2.05. The van der Waals surface area contributed by atoms with Gasteiger partial charge in [-0.05, 0) is 42.7 Å². The van der Waals surface area contributed by atoms with Gasteiger partial charge in [0.05, 0.1) is 0 Å². The minimum atomic E-state index is -1.02. The third kappa shape index (κ3) is 2.57. The van der Waals surface area contributed by atoms with Crippen molar-refractivity contribution in [2.24, 2.45) is 0 Å². The van der Waals surface area contributed by atoms with Gasteiger partial charge in [-0.1, -0.05) is 23.8 Å². The first-order valence-corrected chi connectivity index (χ1v) is 5.68. The first kappa shape index (κ1) is 12.7. The number of hydrogen-bond donors (Lipinski definition) is 1. The zero-order valence-electron chi connectivity index (χ0n) is 10.2. The van der Waals surface area contributed by atoms with Crippen LogP contribution < -0.4 is 0 Å². The van der Waals surface area contributed by atoms with Crippen molar-refractivity contribution in [3.05, 3.63) is 70.3 Å². The summed E-state index contributed by atoms with van der Waals surface area (Å²) in [5.74, 6) is -1.37. The zero-order chi connectivity index (χ0) is 13.3. The second kappa shape index (κ2) is 4.86. The summed E-state index contributed by atoms with van der Waals surface area (Å²) in [6, 6.07) is 8.64. The van der Waals surface area contributed by atoms with Crippen LogP contribution in [0.15, 0.2) is 36.4 Å². The highest BCUT2D eigenvalue weighted by Crippen LogP contribution is 2.26. The summed E-state index contributed by atoms with van der Waals surface area (Å²) in [5.41, 5.74) is 2.85. The van der Waals surface area contributed by atoms with Crippen molar-refractivity contribution in [2.75, 3.05) is 0 Å². The molecule has 0 aliphatic rings. The summed E-state index contributed by atoms with van der Waals surface area (Å²) in [7, 11) is 0. The summed E-state index contributed by atoms with van der Waals surface area (Å²) >= 11 is 0. The minimum Gasteiger partial charge on any atom is -0.384 e. The van der Waals surface area contributed by atoms with Gasteiger partial charge in [-0.15, -0.1) is 0 Å². The molecule has 1 unspecified atom stereocenters. The van der Waals surface area contributed by atoms with E-state index in [1.165, 1.54) is 0 Å². The lowest BCUT2D eigenvalue weighted by molar-refractivity contribution is 0.218. The molecule has 0 saturated heterocycles. The highest BCUT2D eigenvalue weighted by atomic mass is 19.1. The van der Waals surface area contributed by atoms with Crippen molar-refractivity contribution in [3.63, 3.8) is 0 Å².